The predicted molar refractivity (Wildman–Crippen MR) is 125 cm³/mol. The Hall–Kier alpha value is -0.780. The molecule has 0 aromatic carbocycles. The van der Waals surface area contributed by atoms with Crippen LogP contribution in [0, 0.1) is 29.1 Å². The topological polar surface area (TPSA) is 43.7 Å². The van der Waals surface area contributed by atoms with Crippen LogP contribution in [0.1, 0.15) is 78.1 Å². The number of aliphatic hydroxyl groups is 2. The van der Waals surface area contributed by atoms with Crippen LogP contribution in [0.3, 0.4) is 0 Å². The summed E-state index contributed by atoms with van der Waals surface area (Å²) in [5.74, 6) is 1.53. The number of likely N-dealkylation sites (tertiary alicyclic amines) is 1. The Bertz CT molecular complexity index is 696. The largest absolute Gasteiger partial charge is 0.393 e. The van der Waals surface area contributed by atoms with Gasteiger partial charge < -0.3 is 15.1 Å². The third-order valence-corrected chi connectivity index (χ3v) is 9.36. The molecule has 32 heavy (non-hydrogen) atoms. The SMILES string of the molecule is C[C@H](CCN1CC[C@H](C(F)F)C1)[C@H]1CC[C@H]2/C(=C/C=C3C[C@@H](O)C[C@H](O)C3)CCC[C@]12C. The van der Waals surface area contributed by atoms with E-state index in [1.165, 1.54) is 37.7 Å². The van der Waals surface area contributed by atoms with Gasteiger partial charge >= 0.3 is 0 Å². The minimum atomic E-state index is -2.17. The molecule has 0 amide bonds. The van der Waals surface area contributed by atoms with Crippen LogP contribution in [-0.2, 0) is 0 Å². The summed E-state index contributed by atoms with van der Waals surface area (Å²) in [5, 5.41) is 20.0. The zero-order valence-electron chi connectivity index (χ0n) is 20.0. The molecule has 1 saturated heterocycles. The first-order valence-electron chi connectivity index (χ1n) is 13.0. The lowest BCUT2D eigenvalue weighted by atomic mass is 9.61. The lowest BCUT2D eigenvalue weighted by Gasteiger charge is -2.44. The van der Waals surface area contributed by atoms with Crippen molar-refractivity contribution in [2.75, 3.05) is 19.6 Å². The predicted octanol–water partition coefficient (Wildman–Crippen LogP) is 5.57. The minimum Gasteiger partial charge on any atom is -0.393 e. The van der Waals surface area contributed by atoms with Gasteiger partial charge in [-0.1, -0.05) is 37.1 Å². The third kappa shape index (κ3) is 5.31. The number of rotatable bonds is 6. The lowest BCUT2D eigenvalue weighted by Crippen LogP contribution is -2.37. The third-order valence-electron chi connectivity index (χ3n) is 9.36. The Labute approximate surface area is 193 Å². The highest BCUT2D eigenvalue weighted by molar-refractivity contribution is 5.26. The molecule has 0 unspecified atom stereocenters. The zero-order valence-corrected chi connectivity index (χ0v) is 20.0. The molecule has 0 bridgehead atoms. The number of hydrogen-bond donors (Lipinski definition) is 2. The van der Waals surface area contributed by atoms with E-state index in [9.17, 15) is 19.0 Å². The molecule has 5 heteroatoms. The Morgan fingerprint density at radius 1 is 1.12 bits per heavy atom. The molecular formula is C27H43F2NO2. The number of aliphatic hydroxyl groups excluding tert-OH is 2. The normalized spacial score (nSPS) is 40.8. The van der Waals surface area contributed by atoms with Gasteiger partial charge in [-0.25, -0.2) is 8.78 Å². The van der Waals surface area contributed by atoms with Gasteiger partial charge in [0, 0.05) is 12.5 Å². The van der Waals surface area contributed by atoms with E-state index in [0.29, 0.717) is 55.4 Å². The van der Waals surface area contributed by atoms with Crippen LogP contribution < -0.4 is 0 Å². The minimum absolute atomic E-state index is 0.337. The first-order valence-corrected chi connectivity index (χ1v) is 13.0. The van der Waals surface area contributed by atoms with E-state index in [1.807, 2.05) is 0 Å². The van der Waals surface area contributed by atoms with Gasteiger partial charge in [0.15, 0.2) is 0 Å². The Kier molecular flexibility index (Phi) is 7.78. The van der Waals surface area contributed by atoms with Crippen molar-refractivity contribution in [3.8, 4) is 0 Å². The smallest absolute Gasteiger partial charge is 0.242 e. The monoisotopic (exact) mass is 451 g/mol. The van der Waals surface area contributed by atoms with Gasteiger partial charge in [0.05, 0.1) is 12.2 Å². The molecule has 0 radical (unpaired) electrons. The fourth-order valence-electron chi connectivity index (χ4n) is 7.60. The maximum absolute atomic E-state index is 13.0. The van der Waals surface area contributed by atoms with E-state index in [2.05, 4.69) is 30.9 Å². The van der Waals surface area contributed by atoms with Crippen molar-refractivity contribution < 1.29 is 19.0 Å². The molecule has 7 atom stereocenters. The summed E-state index contributed by atoms with van der Waals surface area (Å²) < 4.78 is 26.0. The van der Waals surface area contributed by atoms with Crippen LogP contribution in [0.4, 0.5) is 8.78 Å². The van der Waals surface area contributed by atoms with Crippen molar-refractivity contribution in [2.45, 2.75) is 96.7 Å². The van der Waals surface area contributed by atoms with Crippen molar-refractivity contribution in [1.82, 2.24) is 4.90 Å². The first kappa shape index (κ1) is 24.3. The second kappa shape index (κ2) is 10.2. The average Bonchev–Trinajstić information content (AvgIpc) is 3.34. The number of nitrogens with zero attached hydrogens (tertiary/aromatic N) is 1. The van der Waals surface area contributed by atoms with E-state index in [1.54, 1.807) is 5.57 Å². The van der Waals surface area contributed by atoms with Crippen molar-refractivity contribution in [2.24, 2.45) is 29.1 Å². The molecule has 4 fully saturated rings. The Morgan fingerprint density at radius 3 is 2.56 bits per heavy atom. The molecule has 1 heterocycles. The van der Waals surface area contributed by atoms with Crippen LogP contribution in [0.25, 0.3) is 0 Å². The van der Waals surface area contributed by atoms with Gasteiger partial charge in [-0.05, 0) is 100 Å². The van der Waals surface area contributed by atoms with Gasteiger partial charge in [0.1, 0.15) is 0 Å². The Morgan fingerprint density at radius 2 is 1.88 bits per heavy atom. The molecule has 3 saturated carbocycles. The molecule has 0 aromatic heterocycles. The molecule has 4 aliphatic rings. The molecule has 1 aliphatic heterocycles. The molecule has 2 N–H and O–H groups in total. The van der Waals surface area contributed by atoms with Crippen LogP contribution >= 0.6 is 0 Å². The van der Waals surface area contributed by atoms with Crippen LogP contribution in [0.2, 0.25) is 0 Å². The molecule has 0 spiro atoms. The maximum Gasteiger partial charge on any atom is 0.242 e. The lowest BCUT2D eigenvalue weighted by molar-refractivity contribution is 0.0609. The van der Waals surface area contributed by atoms with Crippen LogP contribution in [-0.4, -0.2) is 53.4 Å². The highest BCUT2D eigenvalue weighted by Crippen LogP contribution is 2.59. The fourth-order valence-corrected chi connectivity index (χ4v) is 7.60. The number of allylic oxidation sites excluding steroid dienone is 3. The molecule has 3 nitrogen and oxygen atoms in total. The van der Waals surface area contributed by atoms with Crippen LogP contribution in [0.15, 0.2) is 23.3 Å². The van der Waals surface area contributed by atoms with Crippen molar-refractivity contribution >= 4 is 0 Å². The summed E-state index contributed by atoms with van der Waals surface area (Å²) in [6.45, 7) is 7.25. The number of fused-ring (bicyclic) bond motifs is 1. The second-order valence-corrected chi connectivity index (χ2v) is 11.6. The van der Waals surface area contributed by atoms with Gasteiger partial charge in [0.2, 0.25) is 6.43 Å². The maximum atomic E-state index is 13.0. The van der Waals surface area contributed by atoms with E-state index >= 15 is 0 Å². The van der Waals surface area contributed by atoms with Gasteiger partial charge in [0.25, 0.3) is 0 Å². The van der Waals surface area contributed by atoms with E-state index < -0.39 is 24.6 Å². The highest BCUT2D eigenvalue weighted by atomic mass is 19.3. The number of alkyl halides is 2. The van der Waals surface area contributed by atoms with Crippen molar-refractivity contribution in [1.29, 1.82) is 0 Å². The van der Waals surface area contributed by atoms with Gasteiger partial charge in [-0.15, -0.1) is 0 Å². The summed E-state index contributed by atoms with van der Waals surface area (Å²) in [7, 11) is 0. The number of halogens is 2. The van der Waals surface area contributed by atoms with Crippen molar-refractivity contribution in [3.63, 3.8) is 0 Å². The average molecular weight is 452 g/mol. The summed E-state index contributed by atoms with van der Waals surface area (Å²) in [6.07, 6.45) is 11.4. The molecule has 3 aliphatic carbocycles. The molecular weight excluding hydrogens is 408 g/mol. The van der Waals surface area contributed by atoms with Gasteiger partial charge in [-0.2, -0.15) is 0 Å². The van der Waals surface area contributed by atoms with Gasteiger partial charge in [-0.3, -0.25) is 0 Å². The summed E-state index contributed by atoms with van der Waals surface area (Å²) in [4.78, 5) is 2.26. The summed E-state index contributed by atoms with van der Waals surface area (Å²) in [5.41, 5.74) is 3.07. The highest BCUT2D eigenvalue weighted by Gasteiger charge is 2.50. The molecule has 4 rings (SSSR count). The second-order valence-electron chi connectivity index (χ2n) is 11.6. The van der Waals surface area contributed by atoms with Crippen LogP contribution in [0.5, 0.6) is 0 Å². The summed E-state index contributed by atoms with van der Waals surface area (Å²) in [6, 6.07) is 0. The number of hydrogen-bond acceptors (Lipinski definition) is 3. The summed E-state index contributed by atoms with van der Waals surface area (Å²) >= 11 is 0. The van der Waals surface area contributed by atoms with Crippen molar-refractivity contribution in [3.05, 3.63) is 23.3 Å². The van der Waals surface area contributed by atoms with E-state index in [-0.39, 0.29) is 0 Å². The van der Waals surface area contributed by atoms with E-state index in [0.717, 1.165) is 19.5 Å². The van der Waals surface area contributed by atoms with E-state index in [4.69, 9.17) is 0 Å². The fraction of sp³-hybridized carbons (Fsp3) is 0.852. The molecule has 182 valence electrons. The quantitative estimate of drug-likeness (QED) is 0.554. The Balaban J connectivity index is 1.37. The molecule has 0 aromatic rings. The standard InChI is InChI=1S/C27H43F2NO2/c1-18(9-12-30-13-10-21(17-30)26(28)29)24-7-8-25-20(4-3-11-27(24,25)2)6-5-19-14-22(31)16-23(32)15-19/h5-6,18,21-26,31-32H,3-4,7-17H2,1-2H3/b20-6+/t18-,21+,22-,23-,24-,25+,27-/m1/s1. The zero-order chi connectivity index (χ0) is 22.9. The first-order chi connectivity index (χ1) is 15.3.